The zero-order chi connectivity index (χ0) is 17.6. The summed E-state index contributed by atoms with van der Waals surface area (Å²) in [6.07, 6.45) is 8.36. The highest BCUT2D eigenvalue weighted by Crippen LogP contribution is 2.51. The van der Waals surface area contributed by atoms with E-state index in [0.717, 1.165) is 0 Å². The van der Waals surface area contributed by atoms with Crippen molar-refractivity contribution in [2.24, 2.45) is 0 Å². The maximum atomic E-state index is 2.44. The van der Waals surface area contributed by atoms with Gasteiger partial charge in [0.25, 0.3) is 0 Å². The summed E-state index contributed by atoms with van der Waals surface area (Å²) in [4.78, 5) is 0. The quantitative estimate of drug-likeness (QED) is 0.483. The molecule has 2 aliphatic rings. The minimum absolute atomic E-state index is 0.134. The molecule has 0 spiro atoms. The summed E-state index contributed by atoms with van der Waals surface area (Å²) in [5.74, 6) is 0.585. The van der Waals surface area contributed by atoms with E-state index in [2.05, 4.69) is 91.9 Å². The lowest BCUT2D eigenvalue weighted by atomic mass is 9.75. The Kier molecular flexibility index (Phi) is 3.60. The zero-order valence-corrected chi connectivity index (χ0v) is 15.3. The Labute approximate surface area is 156 Å². The van der Waals surface area contributed by atoms with Crippen molar-refractivity contribution < 1.29 is 0 Å². The van der Waals surface area contributed by atoms with Gasteiger partial charge in [0.15, 0.2) is 0 Å². The molecule has 1 atom stereocenters. The molecule has 0 saturated carbocycles. The molecule has 5 rings (SSSR count). The molecule has 0 N–H and O–H groups in total. The van der Waals surface area contributed by atoms with Crippen molar-refractivity contribution in [1.82, 2.24) is 0 Å². The van der Waals surface area contributed by atoms with Crippen LogP contribution in [0.2, 0.25) is 0 Å². The fraction of sp³-hybridized carbons (Fsp3) is 0.231. The number of benzene rings is 3. The van der Waals surface area contributed by atoms with Crippen molar-refractivity contribution in [3.63, 3.8) is 0 Å². The van der Waals surface area contributed by atoms with Gasteiger partial charge in [0.05, 0.1) is 0 Å². The molecule has 128 valence electrons. The Balaban J connectivity index is 1.40. The van der Waals surface area contributed by atoms with Gasteiger partial charge < -0.3 is 0 Å². The zero-order valence-electron chi connectivity index (χ0n) is 15.3. The molecule has 0 saturated heterocycles. The summed E-state index contributed by atoms with van der Waals surface area (Å²) < 4.78 is 0. The van der Waals surface area contributed by atoms with E-state index >= 15 is 0 Å². The van der Waals surface area contributed by atoms with Crippen LogP contribution in [0.1, 0.15) is 54.4 Å². The highest BCUT2D eigenvalue weighted by Gasteiger charge is 2.38. The Morgan fingerprint density at radius 3 is 2.12 bits per heavy atom. The van der Waals surface area contributed by atoms with E-state index in [9.17, 15) is 0 Å². The van der Waals surface area contributed by atoms with Crippen molar-refractivity contribution in [2.45, 2.75) is 37.5 Å². The van der Waals surface area contributed by atoms with Gasteiger partial charge in [0, 0.05) is 11.3 Å². The fourth-order valence-electron chi connectivity index (χ4n) is 5.06. The summed E-state index contributed by atoms with van der Waals surface area (Å²) >= 11 is 0. The van der Waals surface area contributed by atoms with Gasteiger partial charge in [-0.3, -0.25) is 0 Å². The maximum Gasteiger partial charge on any atom is 0.0187 e. The lowest BCUT2D eigenvalue weighted by Crippen LogP contribution is -2.20. The lowest BCUT2D eigenvalue weighted by molar-refractivity contribution is 0.487. The third-order valence-corrected chi connectivity index (χ3v) is 6.43. The smallest absolute Gasteiger partial charge is 0.0187 e. The minimum Gasteiger partial charge on any atom is -0.0764 e. The van der Waals surface area contributed by atoms with Gasteiger partial charge in [-0.25, -0.2) is 0 Å². The van der Waals surface area contributed by atoms with Gasteiger partial charge in [-0.1, -0.05) is 98.3 Å². The van der Waals surface area contributed by atoms with Crippen LogP contribution in [0.15, 0.2) is 78.9 Å². The van der Waals surface area contributed by atoms with Crippen molar-refractivity contribution in [1.29, 1.82) is 0 Å². The highest BCUT2D eigenvalue weighted by molar-refractivity contribution is 5.80. The van der Waals surface area contributed by atoms with Gasteiger partial charge in [0.2, 0.25) is 0 Å². The van der Waals surface area contributed by atoms with E-state index in [1.807, 2.05) is 0 Å². The first-order chi connectivity index (χ1) is 12.8. The average molecular weight is 336 g/mol. The molecule has 0 fully saturated rings. The van der Waals surface area contributed by atoms with E-state index in [0.29, 0.717) is 5.92 Å². The first-order valence-corrected chi connectivity index (χ1v) is 9.74. The normalized spacial score (nSPS) is 18.4. The number of allylic oxidation sites excluding steroid dienone is 1. The van der Waals surface area contributed by atoms with Crippen molar-refractivity contribution in [3.8, 4) is 11.1 Å². The molecule has 0 heterocycles. The van der Waals surface area contributed by atoms with Crippen LogP contribution in [0, 0.1) is 0 Å². The van der Waals surface area contributed by atoms with Gasteiger partial charge in [0.1, 0.15) is 0 Å². The fourth-order valence-corrected chi connectivity index (χ4v) is 5.06. The monoisotopic (exact) mass is 336 g/mol. The molecule has 26 heavy (non-hydrogen) atoms. The summed E-state index contributed by atoms with van der Waals surface area (Å²) in [6, 6.07) is 26.8. The summed E-state index contributed by atoms with van der Waals surface area (Å²) in [5.41, 5.74) is 8.90. The molecular formula is C26H24. The van der Waals surface area contributed by atoms with E-state index in [1.165, 1.54) is 52.6 Å². The Hall–Kier alpha value is -2.60. The Bertz CT molecular complexity index is 947. The molecule has 1 unspecified atom stereocenters. The third kappa shape index (κ3) is 2.29. The maximum absolute atomic E-state index is 2.44. The van der Waals surface area contributed by atoms with Crippen molar-refractivity contribution in [2.75, 3.05) is 0 Å². The number of hydrogen-bond acceptors (Lipinski definition) is 0. The standard InChI is InChI=1S/C26H24/c1-26(18-8-10-20-17-16-19-9-2-3-11-21(19)20)24-14-6-4-12-22(24)23-13-5-7-15-25(23)26/h2-7,9,11-17,20H,8,10,18H2,1H3. The van der Waals surface area contributed by atoms with Crippen molar-refractivity contribution in [3.05, 3.63) is 101 Å². The van der Waals surface area contributed by atoms with Gasteiger partial charge in [-0.15, -0.1) is 0 Å². The first-order valence-electron chi connectivity index (χ1n) is 9.74. The summed E-state index contributed by atoms with van der Waals surface area (Å²) in [5, 5.41) is 0. The second kappa shape index (κ2) is 5.99. The van der Waals surface area contributed by atoms with E-state index in [4.69, 9.17) is 0 Å². The minimum atomic E-state index is 0.134. The number of rotatable bonds is 4. The lowest BCUT2D eigenvalue weighted by Gasteiger charge is -2.28. The van der Waals surface area contributed by atoms with E-state index in [1.54, 1.807) is 0 Å². The van der Waals surface area contributed by atoms with Crippen LogP contribution in [0.5, 0.6) is 0 Å². The molecule has 0 radical (unpaired) electrons. The molecule has 0 aromatic heterocycles. The molecule has 2 aliphatic carbocycles. The molecular weight excluding hydrogens is 312 g/mol. The molecule has 3 aromatic carbocycles. The third-order valence-electron chi connectivity index (χ3n) is 6.43. The van der Waals surface area contributed by atoms with Crippen LogP contribution in [0.25, 0.3) is 17.2 Å². The van der Waals surface area contributed by atoms with Gasteiger partial charge >= 0.3 is 0 Å². The average Bonchev–Trinajstić information content (AvgIpc) is 3.21. The van der Waals surface area contributed by atoms with E-state index in [-0.39, 0.29) is 5.41 Å². The first kappa shape index (κ1) is 15.6. The van der Waals surface area contributed by atoms with Crippen LogP contribution in [-0.2, 0) is 5.41 Å². The SMILES string of the molecule is CC1(CCCC2C=Cc3ccccc32)c2ccccc2-c2ccccc21. The molecule has 0 bridgehead atoms. The Morgan fingerprint density at radius 1 is 0.769 bits per heavy atom. The molecule has 3 aromatic rings. The number of hydrogen-bond donors (Lipinski definition) is 0. The molecule has 0 amide bonds. The predicted octanol–water partition coefficient (Wildman–Crippen LogP) is 6.95. The molecule has 0 heteroatoms. The van der Waals surface area contributed by atoms with Gasteiger partial charge in [-0.05, 0) is 46.2 Å². The summed E-state index contributed by atoms with van der Waals surface area (Å²) in [7, 11) is 0. The van der Waals surface area contributed by atoms with Crippen LogP contribution in [0.3, 0.4) is 0 Å². The molecule has 0 nitrogen and oxygen atoms in total. The molecule has 0 aliphatic heterocycles. The van der Waals surface area contributed by atoms with Crippen molar-refractivity contribution >= 4 is 6.08 Å². The topological polar surface area (TPSA) is 0 Å². The van der Waals surface area contributed by atoms with Gasteiger partial charge in [-0.2, -0.15) is 0 Å². The van der Waals surface area contributed by atoms with Crippen LogP contribution < -0.4 is 0 Å². The number of fused-ring (bicyclic) bond motifs is 4. The Morgan fingerprint density at radius 2 is 1.38 bits per heavy atom. The second-order valence-electron chi connectivity index (χ2n) is 7.91. The van der Waals surface area contributed by atoms with Crippen LogP contribution >= 0.6 is 0 Å². The predicted molar refractivity (Wildman–Crippen MR) is 110 cm³/mol. The van der Waals surface area contributed by atoms with Crippen LogP contribution in [-0.4, -0.2) is 0 Å². The highest BCUT2D eigenvalue weighted by atomic mass is 14.4. The summed E-state index contributed by atoms with van der Waals surface area (Å²) in [6.45, 7) is 2.44. The van der Waals surface area contributed by atoms with Crippen LogP contribution in [0.4, 0.5) is 0 Å². The van der Waals surface area contributed by atoms with E-state index < -0.39 is 0 Å². The largest absolute Gasteiger partial charge is 0.0764 e. The second-order valence-corrected chi connectivity index (χ2v) is 7.91.